The van der Waals surface area contributed by atoms with E-state index in [2.05, 4.69) is 0 Å². The van der Waals surface area contributed by atoms with Crippen LogP contribution >= 0.6 is 0 Å². The summed E-state index contributed by atoms with van der Waals surface area (Å²) in [6.45, 7) is -0.0155. The third-order valence-corrected chi connectivity index (χ3v) is 5.22. The molecule has 0 aliphatic rings. The van der Waals surface area contributed by atoms with E-state index in [9.17, 15) is 13.5 Å². The fourth-order valence-electron chi connectivity index (χ4n) is 2.05. The summed E-state index contributed by atoms with van der Waals surface area (Å²) >= 11 is 0. The highest BCUT2D eigenvalue weighted by Crippen LogP contribution is 2.21. The number of sulfonamides is 1. The van der Waals surface area contributed by atoms with Crippen LogP contribution in [-0.2, 0) is 10.0 Å². The summed E-state index contributed by atoms with van der Waals surface area (Å²) in [6.07, 6.45) is -0.876. The van der Waals surface area contributed by atoms with Gasteiger partial charge in [0.1, 0.15) is 5.75 Å². The van der Waals surface area contributed by atoms with Crippen molar-refractivity contribution in [3.8, 4) is 5.75 Å². The Morgan fingerprint density at radius 3 is 2.23 bits per heavy atom. The molecular formula is C16H19NO4S. The lowest BCUT2D eigenvalue weighted by Crippen LogP contribution is -2.31. The molecule has 0 saturated carbocycles. The van der Waals surface area contributed by atoms with Crippen molar-refractivity contribution in [2.75, 3.05) is 20.7 Å². The second kappa shape index (κ2) is 6.91. The van der Waals surface area contributed by atoms with Gasteiger partial charge in [0.25, 0.3) is 0 Å². The Hall–Kier alpha value is -1.89. The quantitative estimate of drug-likeness (QED) is 0.884. The van der Waals surface area contributed by atoms with Gasteiger partial charge in [0.2, 0.25) is 10.0 Å². The molecule has 0 spiro atoms. The fraction of sp³-hybridized carbons (Fsp3) is 0.250. The molecule has 22 heavy (non-hydrogen) atoms. The van der Waals surface area contributed by atoms with Crippen LogP contribution in [-0.4, -0.2) is 38.5 Å². The lowest BCUT2D eigenvalue weighted by atomic mass is 10.1. The van der Waals surface area contributed by atoms with Gasteiger partial charge in [-0.2, -0.15) is 4.31 Å². The molecule has 0 fully saturated rings. The van der Waals surface area contributed by atoms with Crippen molar-refractivity contribution in [1.82, 2.24) is 4.31 Å². The lowest BCUT2D eigenvalue weighted by Gasteiger charge is -2.21. The van der Waals surface area contributed by atoms with Crippen molar-refractivity contribution in [3.05, 3.63) is 60.2 Å². The number of methoxy groups -OCH3 is 1. The molecule has 118 valence electrons. The van der Waals surface area contributed by atoms with Gasteiger partial charge >= 0.3 is 0 Å². The van der Waals surface area contributed by atoms with E-state index in [0.29, 0.717) is 11.3 Å². The number of nitrogens with zero attached hydrogens (tertiary/aromatic N) is 1. The van der Waals surface area contributed by atoms with Crippen LogP contribution in [0.1, 0.15) is 11.7 Å². The molecule has 1 unspecified atom stereocenters. The van der Waals surface area contributed by atoms with Gasteiger partial charge in [0, 0.05) is 13.6 Å². The zero-order valence-corrected chi connectivity index (χ0v) is 13.3. The third-order valence-electron chi connectivity index (χ3n) is 3.38. The van der Waals surface area contributed by atoms with E-state index < -0.39 is 16.1 Å². The van der Waals surface area contributed by atoms with E-state index in [0.717, 1.165) is 4.31 Å². The first-order valence-electron chi connectivity index (χ1n) is 6.78. The minimum absolute atomic E-state index is 0.0155. The van der Waals surface area contributed by atoms with Gasteiger partial charge in [-0.15, -0.1) is 0 Å². The van der Waals surface area contributed by atoms with Crippen LogP contribution in [0, 0.1) is 0 Å². The van der Waals surface area contributed by atoms with Crippen molar-refractivity contribution in [2.24, 2.45) is 0 Å². The van der Waals surface area contributed by atoms with Crippen molar-refractivity contribution in [3.63, 3.8) is 0 Å². The smallest absolute Gasteiger partial charge is 0.242 e. The molecular weight excluding hydrogens is 302 g/mol. The molecule has 2 aromatic rings. The number of rotatable bonds is 6. The molecule has 0 aliphatic heterocycles. The predicted octanol–water partition coefficient (Wildman–Crippen LogP) is 2.05. The largest absolute Gasteiger partial charge is 0.497 e. The summed E-state index contributed by atoms with van der Waals surface area (Å²) in [5.74, 6) is 0.589. The van der Waals surface area contributed by atoms with E-state index >= 15 is 0 Å². The molecule has 0 aromatic heterocycles. The Balaban J connectivity index is 2.14. The number of ether oxygens (including phenoxy) is 1. The maximum absolute atomic E-state index is 12.5. The number of likely N-dealkylation sites (N-methyl/N-ethyl adjacent to an activating group) is 1. The van der Waals surface area contributed by atoms with E-state index in [4.69, 9.17) is 4.74 Å². The van der Waals surface area contributed by atoms with Crippen molar-refractivity contribution in [1.29, 1.82) is 0 Å². The Morgan fingerprint density at radius 1 is 1.09 bits per heavy atom. The Labute approximate surface area is 130 Å². The SMILES string of the molecule is COc1ccc(S(=O)(=O)N(C)CC(O)c2ccccc2)cc1. The Morgan fingerprint density at radius 2 is 1.68 bits per heavy atom. The van der Waals surface area contributed by atoms with E-state index in [1.807, 2.05) is 6.07 Å². The Bertz CT molecular complexity index is 699. The highest BCUT2D eigenvalue weighted by atomic mass is 32.2. The molecule has 0 heterocycles. The second-order valence-electron chi connectivity index (χ2n) is 4.89. The zero-order chi connectivity index (χ0) is 16.2. The summed E-state index contributed by atoms with van der Waals surface area (Å²) in [4.78, 5) is 0.163. The number of aliphatic hydroxyl groups excluding tert-OH is 1. The zero-order valence-electron chi connectivity index (χ0n) is 12.5. The first kappa shape index (κ1) is 16.5. The van der Waals surface area contributed by atoms with Crippen LogP contribution in [0.3, 0.4) is 0 Å². The number of aliphatic hydroxyl groups is 1. The average Bonchev–Trinajstić information content (AvgIpc) is 2.55. The second-order valence-corrected chi connectivity index (χ2v) is 6.93. The van der Waals surface area contributed by atoms with Crippen LogP contribution < -0.4 is 4.74 Å². The molecule has 0 amide bonds. The summed E-state index contributed by atoms with van der Waals surface area (Å²) in [7, 11) is -0.679. The maximum Gasteiger partial charge on any atom is 0.242 e. The minimum Gasteiger partial charge on any atom is -0.497 e. The lowest BCUT2D eigenvalue weighted by molar-refractivity contribution is 0.155. The molecule has 0 radical (unpaired) electrons. The Kier molecular flexibility index (Phi) is 5.18. The molecule has 0 aliphatic carbocycles. The van der Waals surface area contributed by atoms with Gasteiger partial charge in [-0.25, -0.2) is 8.42 Å². The van der Waals surface area contributed by atoms with Gasteiger partial charge < -0.3 is 9.84 Å². The molecule has 6 heteroatoms. The van der Waals surface area contributed by atoms with Crippen LogP contribution in [0.2, 0.25) is 0 Å². The third kappa shape index (κ3) is 3.65. The van der Waals surface area contributed by atoms with Gasteiger partial charge in [0.15, 0.2) is 0 Å². The normalized spacial score (nSPS) is 13.1. The highest BCUT2D eigenvalue weighted by Gasteiger charge is 2.23. The first-order chi connectivity index (χ1) is 10.4. The van der Waals surface area contributed by atoms with E-state index in [-0.39, 0.29) is 11.4 Å². The standard InChI is InChI=1S/C16H19NO4S/c1-17(12-16(18)13-6-4-3-5-7-13)22(19,20)15-10-8-14(21-2)9-11-15/h3-11,16,18H,12H2,1-2H3. The molecule has 1 atom stereocenters. The monoisotopic (exact) mass is 321 g/mol. The van der Waals surface area contributed by atoms with Gasteiger partial charge in [-0.1, -0.05) is 30.3 Å². The van der Waals surface area contributed by atoms with Gasteiger partial charge in [0.05, 0.1) is 18.1 Å². The molecule has 2 rings (SSSR count). The predicted molar refractivity (Wildman–Crippen MR) is 84.2 cm³/mol. The van der Waals surface area contributed by atoms with E-state index in [1.54, 1.807) is 36.4 Å². The summed E-state index contributed by atoms with van der Waals surface area (Å²) in [5, 5.41) is 10.2. The van der Waals surface area contributed by atoms with Gasteiger partial charge in [-0.3, -0.25) is 0 Å². The van der Waals surface area contributed by atoms with Crippen LogP contribution in [0.15, 0.2) is 59.5 Å². The molecule has 5 nitrogen and oxygen atoms in total. The summed E-state index contributed by atoms with van der Waals surface area (Å²) in [6, 6.07) is 15.1. The topological polar surface area (TPSA) is 66.8 Å². The number of hydrogen-bond donors (Lipinski definition) is 1. The maximum atomic E-state index is 12.5. The van der Waals surface area contributed by atoms with Gasteiger partial charge in [-0.05, 0) is 29.8 Å². The molecule has 1 N–H and O–H groups in total. The highest BCUT2D eigenvalue weighted by molar-refractivity contribution is 7.89. The first-order valence-corrected chi connectivity index (χ1v) is 8.22. The molecule has 2 aromatic carbocycles. The number of benzene rings is 2. The van der Waals surface area contributed by atoms with Crippen molar-refractivity contribution >= 4 is 10.0 Å². The minimum atomic E-state index is -3.65. The van der Waals surface area contributed by atoms with Crippen molar-refractivity contribution < 1.29 is 18.3 Å². The van der Waals surface area contributed by atoms with Crippen LogP contribution in [0.4, 0.5) is 0 Å². The number of hydrogen-bond acceptors (Lipinski definition) is 4. The molecule has 0 bridgehead atoms. The molecule has 0 saturated heterocycles. The van der Waals surface area contributed by atoms with Crippen molar-refractivity contribution in [2.45, 2.75) is 11.0 Å². The summed E-state index contributed by atoms with van der Waals surface area (Å²) < 4.78 is 31.1. The van der Waals surface area contributed by atoms with Crippen LogP contribution in [0.25, 0.3) is 0 Å². The summed E-state index contributed by atoms with van der Waals surface area (Å²) in [5.41, 5.74) is 0.680. The fourth-order valence-corrected chi connectivity index (χ4v) is 3.23. The van der Waals surface area contributed by atoms with Crippen LogP contribution in [0.5, 0.6) is 5.75 Å². The average molecular weight is 321 g/mol. The van der Waals surface area contributed by atoms with E-state index in [1.165, 1.54) is 26.3 Å².